The van der Waals surface area contributed by atoms with E-state index in [9.17, 15) is 0 Å². The molecule has 0 fully saturated rings. The van der Waals surface area contributed by atoms with Crippen molar-refractivity contribution in [2.45, 2.75) is 38.6 Å². The van der Waals surface area contributed by atoms with Gasteiger partial charge in [0.05, 0.1) is 20.0 Å². The Bertz CT molecular complexity index is 442. The fraction of sp³-hybridized carbons (Fsp3) is 0.529. The second-order valence-electron chi connectivity index (χ2n) is 5.19. The summed E-state index contributed by atoms with van der Waals surface area (Å²) in [6.45, 7) is 4.06. The minimum Gasteiger partial charge on any atom is -0.501 e. The monoisotopic (exact) mass is 275 g/mol. The maximum absolute atomic E-state index is 5.50. The maximum Gasteiger partial charge on any atom is 0.122 e. The van der Waals surface area contributed by atoms with Gasteiger partial charge in [0.1, 0.15) is 5.75 Å². The van der Waals surface area contributed by atoms with Gasteiger partial charge in [-0.1, -0.05) is 25.1 Å². The highest BCUT2D eigenvalue weighted by atomic mass is 16.5. The minimum atomic E-state index is 0.339. The van der Waals surface area contributed by atoms with Crippen molar-refractivity contribution in [2.75, 3.05) is 20.3 Å². The average molecular weight is 275 g/mol. The lowest BCUT2D eigenvalue weighted by molar-refractivity contribution is 0.219. The number of hydrogen-bond acceptors (Lipinski definition) is 3. The normalized spacial score (nSPS) is 16.2. The standard InChI is InChI=1S/C17H25NO2/c1-3-10-18-16(15-8-6-11-20-13-15)12-14-7-4-5-9-17(14)19-2/h4-5,7,9,13,16,18H,3,6,8,10-12H2,1-2H3. The second kappa shape index (κ2) is 7.95. The Morgan fingerprint density at radius 1 is 1.35 bits per heavy atom. The summed E-state index contributed by atoms with van der Waals surface area (Å²) < 4.78 is 11.0. The molecule has 0 radical (unpaired) electrons. The summed E-state index contributed by atoms with van der Waals surface area (Å²) in [5.74, 6) is 0.966. The van der Waals surface area contributed by atoms with E-state index >= 15 is 0 Å². The number of ether oxygens (including phenoxy) is 2. The lowest BCUT2D eigenvalue weighted by atomic mass is 9.95. The van der Waals surface area contributed by atoms with Gasteiger partial charge in [-0.15, -0.1) is 0 Å². The third-order valence-corrected chi connectivity index (χ3v) is 3.67. The van der Waals surface area contributed by atoms with Crippen molar-refractivity contribution in [3.05, 3.63) is 41.7 Å². The molecule has 1 unspecified atom stereocenters. The topological polar surface area (TPSA) is 30.5 Å². The summed E-state index contributed by atoms with van der Waals surface area (Å²) in [6.07, 6.45) is 6.26. The van der Waals surface area contributed by atoms with Crippen molar-refractivity contribution in [3.8, 4) is 5.75 Å². The van der Waals surface area contributed by atoms with Gasteiger partial charge in [0.15, 0.2) is 0 Å². The van der Waals surface area contributed by atoms with E-state index in [2.05, 4.69) is 24.4 Å². The van der Waals surface area contributed by atoms with Crippen LogP contribution in [0.1, 0.15) is 31.7 Å². The van der Waals surface area contributed by atoms with Gasteiger partial charge in [0.25, 0.3) is 0 Å². The minimum absolute atomic E-state index is 0.339. The Morgan fingerprint density at radius 2 is 2.20 bits per heavy atom. The maximum atomic E-state index is 5.50. The van der Waals surface area contributed by atoms with Gasteiger partial charge in [-0.25, -0.2) is 0 Å². The molecule has 3 heteroatoms. The molecule has 1 aliphatic rings. The highest BCUT2D eigenvalue weighted by molar-refractivity contribution is 5.35. The molecule has 1 atom stereocenters. The summed E-state index contributed by atoms with van der Waals surface area (Å²) in [5.41, 5.74) is 2.62. The van der Waals surface area contributed by atoms with Gasteiger partial charge in [-0.05, 0) is 49.4 Å². The third-order valence-electron chi connectivity index (χ3n) is 3.67. The van der Waals surface area contributed by atoms with Gasteiger partial charge in [0, 0.05) is 6.04 Å². The summed E-state index contributed by atoms with van der Waals surface area (Å²) in [5, 5.41) is 3.64. The molecular weight excluding hydrogens is 250 g/mol. The Balaban J connectivity index is 2.12. The van der Waals surface area contributed by atoms with E-state index in [0.29, 0.717) is 6.04 Å². The zero-order valence-corrected chi connectivity index (χ0v) is 12.5. The predicted octanol–water partition coefficient (Wildman–Crippen LogP) is 3.30. The van der Waals surface area contributed by atoms with Gasteiger partial charge < -0.3 is 14.8 Å². The molecule has 1 aromatic carbocycles. The zero-order chi connectivity index (χ0) is 14.2. The largest absolute Gasteiger partial charge is 0.501 e. The summed E-state index contributed by atoms with van der Waals surface area (Å²) >= 11 is 0. The Labute approximate surface area is 122 Å². The average Bonchev–Trinajstić information content (AvgIpc) is 2.52. The van der Waals surface area contributed by atoms with E-state index in [4.69, 9.17) is 9.47 Å². The van der Waals surface area contributed by atoms with Crippen LogP contribution < -0.4 is 10.1 Å². The highest BCUT2D eigenvalue weighted by Gasteiger charge is 2.18. The Morgan fingerprint density at radius 3 is 2.90 bits per heavy atom. The molecule has 0 saturated heterocycles. The van der Waals surface area contributed by atoms with Crippen LogP contribution in [0.15, 0.2) is 36.1 Å². The highest BCUT2D eigenvalue weighted by Crippen LogP contribution is 2.24. The Hall–Kier alpha value is -1.48. The molecule has 2 rings (SSSR count). The number of methoxy groups -OCH3 is 1. The van der Waals surface area contributed by atoms with Crippen LogP contribution >= 0.6 is 0 Å². The van der Waals surface area contributed by atoms with E-state index in [1.165, 1.54) is 11.1 Å². The number of benzene rings is 1. The third kappa shape index (κ3) is 4.01. The van der Waals surface area contributed by atoms with Crippen LogP contribution in [-0.4, -0.2) is 26.3 Å². The van der Waals surface area contributed by atoms with Gasteiger partial charge >= 0.3 is 0 Å². The van der Waals surface area contributed by atoms with Crippen molar-refractivity contribution in [3.63, 3.8) is 0 Å². The summed E-state index contributed by atoms with van der Waals surface area (Å²) in [4.78, 5) is 0. The van der Waals surface area contributed by atoms with Gasteiger partial charge in [-0.2, -0.15) is 0 Å². The van der Waals surface area contributed by atoms with Crippen molar-refractivity contribution < 1.29 is 9.47 Å². The number of hydrogen-bond donors (Lipinski definition) is 1. The Kier molecular flexibility index (Phi) is 5.93. The van der Waals surface area contributed by atoms with Crippen molar-refractivity contribution >= 4 is 0 Å². The SMILES string of the molecule is CCCNC(Cc1ccccc1OC)C1=COCCC1. The molecule has 0 aromatic heterocycles. The summed E-state index contributed by atoms with van der Waals surface area (Å²) in [7, 11) is 1.73. The molecule has 1 aliphatic heterocycles. The summed E-state index contributed by atoms with van der Waals surface area (Å²) in [6, 6.07) is 8.59. The number of para-hydroxylation sites is 1. The fourth-order valence-electron chi connectivity index (χ4n) is 2.59. The van der Waals surface area contributed by atoms with E-state index in [1.807, 2.05) is 18.4 Å². The first-order valence-electron chi connectivity index (χ1n) is 7.51. The molecule has 1 N–H and O–H groups in total. The molecule has 0 aliphatic carbocycles. The van der Waals surface area contributed by atoms with Crippen LogP contribution in [0.5, 0.6) is 5.75 Å². The molecule has 0 saturated carbocycles. The van der Waals surface area contributed by atoms with Crippen molar-refractivity contribution in [1.29, 1.82) is 0 Å². The van der Waals surface area contributed by atoms with E-state index in [1.54, 1.807) is 7.11 Å². The molecule has 1 heterocycles. The van der Waals surface area contributed by atoms with E-state index in [0.717, 1.165) is 44.6 Å². The quantitative estimate of drug-likeness (QED) is 0.828. The van der Waals surface area contributed by atoms with E-state index in [-0.39, 0.29) is 0 Å². The van der Waals surface area contributed by atoms with Crippen LogP contribution in [0, 0.1) is 0 Å². The smallest absolute Gasteiger partial charge is 0.122 e. The van der Waals surface area contributed by atoms with Crippen LogP contribution in [0.25, 0.3) is 0 Å². The van der Waals surface area contributed by atoms with Crippen LogP contribution in [0.2, 0.25) is 0 Å². The predicted molar refractivity (Wildman–Crippen MR) is 82.0 cm³/mol. The first kappa shape index (κ1) is 14.9. The van der Waals surface area contributed by atoms with Gasteiger partial charge in [0.2, 0.25) is 0 Å². The van der Waals surface area contributed by atoms with E-state index < -0.39 is 0 Å². The van der Waals surface area contributed by atoms with Gasteiger partial charge in [-0.3, -0.25) is 0 Å². The van der Waals surface area contributed by atoms with Crippen LogP contribution in [-0.2, 0) is 11.2 Å². The van der Waals surface area contributed by atoms with Crippen LogP contribution in [0.4, 0.5) is 0 Å². The second-order valence-corrected chi connectivity index (χ2v) is 5.19. The zero-order valence-electron chi connectivity index (χ0n) is 12.5. The first-order valence-corrected chi connectivity index (χ1v) is 7.51. The molecule has 0 spiro atoms. The molecule has 0 amide bonds. The number of rotatable bonds is 7. The molecule has 20 heavy (non-hydrogen) atoms. The lowest BCUT2D eigenvalue weighted by Gasteiger charge is -2.25. The first-order chi connectivity index (χ1) is 9.85. The fourth-order valence-corrected chi connectivity index (χ4v) is 2.59. The lowest BCUT2D eigenvalue weighted by Crippen LogP contribution is -2.34. The molecule has 110 valence electrons. The van der Waals surface area contributed by atoms with Crippen LogP contribution in [0.3, 0.4) is 0 Å². The van der Waals surface area contributed by atoms with Crippen molar-refractivity contribution in [2.24, 2.45) is 0 Å². The molecular formula is C17H25NO2. The number of nitrogens with one attached hydrogen (secondary N) is 1. The molecule has 3 nitrogen and oxygen atoms in total. The molecule has 1 aromatic rings. The van der Waals surface area contributed by atoms with Crippen molar-refractivity contribution in [1.82, 2.24) is 5.32 Å². The molecule has 0 bridgehead atoms.